The van der Waals surface area contributed by atoms with Crippen LogP contribution in [0.5, 0.6) is 0 Å². The summed E-state index contributed by atoms with van der Waals surface area (Å²) < 4.78 is 13.6. The van der Waals surface area contributed by atoms with Gasteiger partial charge in [0.1, 0.15) is 17.3 Å². The Balaban J connectivity index is 1.38. The molecule has 8 nitrogen and oxygen atoms in total. The van der Waals surface area contributed by atoms with E-state index in [0.29, 0.717) is 40.2 Å². The Morgan fingerprint density at radius 3 is 2.96 bits per heavy atom. The van der Waals surface area contributed by atoms with E-state index in [9.17, 15) is 9.18 Å². The summed E-state index contributed by atoms with van der Waals surface area (Å²) in [5, 5.41) is 10.9. The van der Waals surface area contributed by atoms with Crippen LogP contribution in [0, 0.1) is 23.6 Å². The van der Waals surface area contributed by atoms with E-state index in [-0.39, 0.29) is 17.9 Å². The molecule has 4 atom stereocenters. The number of aromatic amines is 1. The van der Waals surface area contributed by atoms with Crippen molar-refractivity contribution >= 4 is 22.8 Å². The Hall–Kier alpha value is -3.10. The molecule has 0 aromatic carbocycles. The minimum Gasteiger partial charge on any atom is -0.367 e. The predicted octanol–water partition coefficient (Wildman–Crippen LogP) is 2.08. The van der Waals surface area contributed by atoms with Gasteiger partial charge in [-0.1, -0.05) is 0 Å². The van der Waals surface area contributed by atoms with E-state index < -0.39 is 5.82 Å². The van der Waals surface area contributed by atoms with Crippen LogP contribution < -0.4 is 5.32 Å². The van der Waals surface area contributed by atoms with Gasteiger partial charge >= 0.3 is 0 Å². The van der Waals surface area contributed by atoms with Crippen molar-refractivity contribution < 1.29 is 9.18 Å². The second-order valence-corrected chi connectivity index (χ2v) is 7.78. The Bertz CT molecular complexity index is 1070. The van der Waals surface area contributed by atoms with Gasteiger partial charge in [-0.15, -0.1) is 0 Å². The van der Waals surface area contributed by atoms with Crippen molar-refractivity contribution in [3.63, 3.8) is 0 Å². The van der Waals surface area contributed by atoms with Gasteiger partial charge in [0.2, 0.25) is 5.91 Å². The van der Waals surface area contributed by atoms with Crippen LogP contribution in [0.4, 0.5) is 10.2 Å². The average molecular weight is 381 g/mol. The van der Waals surface area contributed by atoms with Crippen LogP contribution in [0.25, 0.3) is 22.6 Å². The lowest BCUT2D eigenvalue weighted by Gasteiger charge is -2.20. The number of nitrogens with zero attached hydrogens (tertiary/aromatic N) is 5. The number of hydrogen-bond acceptors (Lipinski definition) is 6. The summed E-state index contributed by atoms with van der Waals surface area (Å²) in [6, 6.07) is 3.40. The standard InChI is InChI=1S/C19H20FN7O/c1-27(2)19(28)12-7-14(11-6-10(11)12)23-15-3-4-21-18(24-15)16-13-5-9(20)8-22-17(13)26-25-16/h3-5,8,10-12,14H,6-7H2,1-2H3,(H,21,23,24)(H,22,25,26)/t10-,11+,12+,14-/m1/s1. The molecule has 0 bridgehead atoms. The van der Waals surface area contributed by atoms with E-state index in [1.54, 1.807) is 17.2 Å². The molecule has 3 aromatic heterocycles. The lowest BCUT2D eigenvalue weighted by molar-refractivity contribution is -0.133. The number of anilines is 1. The second-order valence-electron chi connectivity index (χ2n) is 7.78. The highest BCUT2D eigenvalue weighted by molar-refractivity contribution is 5.88. The summed E-state index contributed by atoms with van der Waals surface area (Å²) in [6.07, 6.45) is 4.68. The fraction of sp³-hybridized carbons (Fsp3) is 0.421. The smallest absolute Gasteiger partial charge is 0.225 e. The number of rotatable bonds is 4. The molecule has 9 heteroatoms. The molecule has 0 spiro atoms. The van der Waals surface area contributed by atoms with Gasteiger partial charge in [-0.3, -0.25) is 9.89 Å². The molecule has 3 aromatic rings. The van der Waals surface area contributed by atoms with E-state index in [0.717, 1.165) is 19.0 Å². The molecule has 144 valence electrons. The molecule has 28 heavy (non-hydrogen) atoms. The highest BCUT2D eigenvalue weighted by atomic mass is 19.1. The number of halogens is 1. The van der Waals surface area contributed by atoms with Crippen molar-refractivity contribution in [2.75, 3.05) is 19.4 Å². The van der Waals surface area contributed by atoms with Crippen molar-refractivity contribution in [1.82, 2.24) is 30.0 Å². The fourth-order valence-corrected chi connectivity index (χ4v) is 4.36. The van der Waals surface area contributed by atoms with E-state index in [2.05, 4.69) is 30.5 Å². The van der Waals surface area contributed by atoms with E-state index in [1.165, 1.54) is 6.07 Å². The van der Waals surface area contributed by atoms with Gasteiger partial charge in [0.25, 0.3) is 0 Å². The van der Waals surface area contributed by atoms with Crippen LogP contribution in [0.15, 0.2) is 24.5 Å². The highest BCUT2D eigenvalue weighted by Crippen LogP contribution is 2.56. The highest BCUT2D eigenvalue weighted by Gasteiger charge is 2.56. The minimum absolute atomic E-state index is 0.0874. The Labute approximate surface area is 160 Å². The van der Waals surface area contributed by atoms with E-state index >= 15 is 0 Å². The summed E-state index contributed by atoms with van der Waals surface area (Å²) >= 11 is 0. The van der Waals surface area contributed by atoms with Crippen molar-refractivity contribution in [3.8, 4) is 11.5 Å². The number of carbonyl (C=O) groups is 1. The van der Waals surface area contributed by atoms with Gasteiger partial charge in [-0.05, 0) is 36.8 Å². The maximum atomic E-state index is 13.6. The van der Waals surface area contributed by atoms with Crippen LogP contribution in [0.1, 0.15) is 12.8 Å². The Kier molecular flexibility index (Phi) is 3.78. The summed E-state index contributed by atoms with van der Waals surface area (Å²) in [5.41, 5.74) is 0.946. The molecule has 0 saturated heterocycles. The summed E-state index contributed by atoms with van der Waals surface area (Å²) in [4.78, 5) is 26.9. The molecular weight excluding hydrogens is 361 g/mol. The molecule has 3 heterocycles. The second kappa shape index (κ2) is 6.22. The van der Waals surface area contributed by atoms with Gasteiger partial charge in [-0.2, -0.15) is 5.10 Å². The number of pyridine rings is 1. The monoisotopic (exact) mass is 381 g/mol. The molecule has 2 fully saturated rings. The predicted molar refractivity (Wildman–Crippen MR) is 101 cm³/mol. The topological polar surface area (TPSA) is 99.7 Å². The number of nitrogens with one attached hydrogen (secondary N) is 2. The first-order valence-electron chi connectivity index (χ1n) is 9.32. The van der Waals surface area contributed by atoms with E-state index in [4.69, 9.17) is 0 Å². The number of amides is 1. The van der Waals surface area contributed by atoms with Crippen LogP contribution in [0.3, 0.4) is 0 Å². The largest absolute Gasteiger partial charge is 0.367 e. The molecule has 0 aliphatic heterocycles. The van der Waals surface area contributed by atoms with Gasteiger partial charge in [0, 0.05) is 32.3 Å². The number of aromatic nitrogens is 5. The Morgan fingerprint density at radius 2 is 2.14 bits per heavy atom. The van der Waals surface area contributed by atoms with Crippen molar-refractivity contribution in [2.45, 2.75) is 18.9 Å². The zero-order valence-corrected chi connectivity index (χ0v) is 15.6. The minimum atomic E-state index is -0.438. The molecule has 2 aliphatic carbocycles. The number of hydrogen-bond donors (Lipinski definition) is 2. The molecule has 0 radical (unpaired) electrons. The first-order chi connectivity index (χ1) is 13.5. The third-order valence-corrected chi connectivity index (χ3v) is 5.78. The van der Waals surface area contributed by atoms with Crippen LogP contribution in [-0.2, 0) is 4.79 Å². The maximum Gasteiger partial charge on any atom is 0.225 e. The molecule has 5 rings (SSSR count). The average Bonchev–Trinajstić information content (AvgIpc) is 3.24. The molecule has 0 unspecified atom stereocenters. The van der Waals surface area contributed by atoms with Gasteiger partial charge < -0.3 is 10.2 Å². The third-order valence-electron chi connectivity index (χ3n) is 5.78. The number of carbonyl (C=O) groups excluding carboxylic acids is 1. The molecule has 2 aliphatic rings. The quantitative estimate of drug-likeness (QED) is 0.718. The molecular formula is C19H20FN7O. The zero-order valence-electron chi connectivity index (χ0n) is 15.6. The van der Waals surface area contributed by atoms with Gasteiger partial charge in [0.05, 0.1) is 11.6 Å². The Morgan fingerprint density at radius 1 is 1.29 bits per heavy atom. The lowest BCUT2D eigenvalue weighted by atomic mass is 10.0. The van der Waals surface area contributed by atoms with Crippen LogP contribution in [-0.4, -0.2) is 56.1 Å². The third kappa shape index (κ3) is 2.78. The zero-order chi connectivity index (χ0) is 19.4. The van der Waals surface area contributed by atoms with Crippen molar-refractivity contribution in [3.05, 3.63) is 30.3 Å². The number of H-pyrrole nitrogens is 1. The van der Waals surface area contributed by atoms with Crippen LogP contribution in [0.2, 0.25) is 0 Å². The summed E-state index contributed by atoms with van der Waals surface area (Å²) in [7, 11) is 3.62. The molecule has 1 amide bonds. The van der Waals surface area contributed by atoms with Gasteiger partial charge in [0.15, 0.2) is 11.5 Å². The van der Waals surface area contributed by atoms with Gasteiger partial charge in [-0.25, -0.2) is 19.3 Å². The first-order valence-corrected chi connectivity index (χ1v) is 9.32. The summed E-state index contributed by atoms with van der Waals surface area (Å²) in [6.45, 7) is 0. The normalized spacial score (nSPS) is 25.5. The SMILES string of the molecule is CN(C)C(=O)[C@H]1C[C@@H](Nc2ccnc(-c3[nH]nc4ncc(F)cc34)n2)[C@H]2C[C@H]21. The van der Waals surface area contributed by atoms with Crippen molar-refractivity contribution in [2.24, 2.45) is 17.8 Å². The summed E-state index contributed by atoms with van der Waals surface area (Å²) in [5.74, 6) is 1.95. The van der Waals surface area contributed by atoms with Crippen LogP contribution >= 0.6 is 0 Å². The number of fused-ring (bicyclic) bond motifs is 2. The van der Waals surface area contributed by atoms with Crippen molar-refractivity contribution in [1.29, 1.82) is 0 Å². The maximum absolute atomic E-state index is 13.6. The molecule has 2 N–H and O–H groups in total. The fourth-order valence-electron chi connectivity index (χ4n) is 4.36. The first kappa shape index (κ1) is 17.0. The lowest BCUT2D eigenvalue weighted by Crippen LogP contribution is -2.31. The van der Waals surface area contributed by atoms with E-state index in [1.807, 2.05) is 14.1 Å². The molecule has 2 saturated carbocycles.